The van der Waals surface area contributed by atoms with Gasteiger partial charge >= 0.3 is 0 Å². The van der Waals surface area contributed by atoms with Crippen molar-refractivity contribution in [2.24, 2.45) is 20.5 Å². The minimum atomic E-state index is 0. The monoisotopic (exact) mass is 314 g/mol. The molecule has 0 fully saturated rings. The summed E-state index contributed by atoms with van der Waals surface area (Å²) < 4.78 is 0. The normalized spacial score (nSPS) is 11.3. The Morgan fingerprint density at radius 2 is 1.61 bits per heavy atom. The molecule has 89 valence electrons. The zero-order valence-electron chi connectivity index (χ0n) is 10.7. The van der Waals surface area contributed by atoms with Crippen LogP contribution in [0, 0.1) is 13.0 Å². The van der Waals surface area contributed by atoms with Gasteiger partial charge in [0.2, 0.25) is 0 Å². The van der Waals surface area contributed by atoms with Gasteiger partial charge in [-0.05, 0) is 0 Å². The summed E-state index contributed by atoms with van der Waals surface area (Å²) in [4.78, 5) is 0. The summed E-state index contributed by atoms with van der Waals surface area (Å²) in [6.45, 7) is 2.01. The third-order valence-corrected chi connectivity index (χ3v) is 2.56. The van der Waals surface area contributed by atoms with Crippen LogP contribution in [-0.2, 0) is 32.7 Å². The van der Waals surface area contributed by atoms with Crippen molar-refractivity contribution in [3.63, 3.8) is 0 Å². The van der Waals surface area contributed by atoms with Gasteiger partial charge in [-0.15, -0.1) is 29.0 Å². The number of aryl methyl sites for hydroxylation is 1. The van der Waals surface area contributed by atoms with Crippen LogP contribution < -0.4 is 0 Å². The predicted octanol–water partition coefficient (Wildman–Crippen LogP) is 4.37. The number of fused-ring (bicyclic) bond motifs is 1. The SMILES string of the molecule is CN=Nc1[c-]c2c(C)c(N=NC)ccc2cc1.[Y]. The van der Waals surface area contributed by atoms with Gasteiger partial charge in [-0.25, -0.2) is 0 Å². The van der Waals surface area contributed by atoms with E-state index in [9.17, 15) is 0 Å². The Morgan fingerprint density at radius 3 is 2.28 bits per heavy atom. The van der Waals surface area contributed by atoms with Gasteiger partial charge in [0.1, 0.15) is 0 Å². The zero-order valence-corrected chi connectivity index (χ0v) is 13.5. The van der Waals surface area contributed by atoms with Crippen molar-refractivity contribution in [2.45, 2.75) is 6.92 Å². The Labute approximate surface area is 131 Å². The molecule has 2 aromatic carbocycles. The van der Waals surface area contributed by atoms with E-state index in [0.717, 1.165) is 27.7 Å². The maximum absolute atomic E-state index is 4.08. The summed E-state index contributed by atoms with van der Waals surface area (Å²) in [5, 5.41) is 17.8. The van der Waals surface area contributed by atoms with Crippen molar-refractivity contribution in [3.8, 4) is 0 Å². The van der Waals surface area contributed by atoms with E-state index in [1.807, 2.05) is 31.2 Å². The van der Waals surface area contributed by atoms with Crippen molar-refractivity contribution in [1.82, 2.24) is 0 Å². The number of rotatable bonds is 2. The molecule has 0 aliphatic rings. The molecule has 0 aliphatic carbocycles. The van der Waals surface area contributed by atoms with Gasteiger partial charge in [-0.1, -0.05) is 24.6 Å². The second-order valence-electron chi connectivity index (χ2n) is 3.62. The summed E-state index contributed by atoms with van der Waals surface area (Å²) in [6, 6.07) is 11.1. The van der Waals surface area contributed by atoms with Crippen LogP contribution in [0.25, 0.3) is 10.8 Å². The number of benzene rings is 2. The van der Waals surface area contributed by atoms with Gasteiger partial charge < -0.3 is 0 Å². The van der Waals surface area contributed by atoms with E-state index < -0.39 is 0 Å². The molecule has 4 nitrogen and oxygen atoms in total. The maximum atomic E-state index is 4.08. The fourth-order valence-electron chi connectivity index (χ4n) is 1.75. The minimum Gasteiger partial charge on any atom is -0.194 e. The number of nitrogens with zero attached hydrogens (tertiary/aromatic N) is 4. The van der Waals surface area contributed by atoms with Crippen molar-refractivity contribution < 1.29 is 32.7 Å². The Hall–Kier alpha value is -0.996. The van der Waals surface area contributed by atoms with E-state index in [-0.39, 0.29) is 32.7 Å². The fourth-order valence-corrected chi connectivity index (χ4v) is 1.75. The molecule has 0 saturated carbocycles. The summed E-state index contributed by atoms with van der Waals surface area (Å²) in [7, 11) is 3.31. The summed E-state index contributed by atoms with van der Waals surface area (Å²) >= 11 is 0. The van der Waals surface area contributed by atoms with E-state index in [4.69, 9.17) is 0 Å². The van der Waals surface area contributed by atoms with Crippen LogP contribution in [0.15, 0.2) is 44.7 Å². The second-order valence-corrected chi connectivity index (χ2v) is 3.62. The Balaban J connectivity index is 0.00000162. The molecule has 0 spiro atoms. The first-order chi connectivity index (χ1) is 8.26. The van der Waals surface area contributed by atoms with E-state index in [1.165, 1.54) is 0 Å². The van der Waals surface area contributed by atoms with Gasteiger partial charge in [0.15, 0.2) is 0 Å². The number of hydrogen-bond acceptors (Lipinski definition) is 4. The molecule has 0 N–H and O–H groups in total. The largest absolute Gasteiger partial charge is 0.194 e. The summed E-state index contributed by atoms with van der Waals surface area (Å²) in [5.74, 6) is 0. The van der Waals surface area contributed by atoms with Crippen LogP contribution in [0.3, 0.4) is 0 Å². The molecule has 0 heterocycles. The smallest absolute Gasteiger partial charge is 0.0491 e. The Morgan fingerprint density at radius 1 is 0.944 bits per heavy atom. The molecule has 2 aromatic rings. The molecule has 0 saturated heterocycles. The van der Waals surface area contributed by atoms with Gasteiger partial charge in [-0.3, -0.25) is 0 Å². The van der Waals surface area contributed by atoms with Crippen LogP contribution >= 0.6 is 0 Å². The standard InChI is InChI=1S/C13H13N4.Y/c1-9-12-8-11(16-14-2)6-4-10(12)5-7-13(9)17-15-3;/h4-7H,1-3H3;/q-1;. The molecule has 0 aromatic heterocycles. The molecule has 18 heavy (non-hydrogen) atoms. The molecule has 0 bridgehead atoms. The van der Waals surface area contributed by atoms with Crippen LogP contribution in [0.1, 0.15) is 5.56 Å². The molecular weight excluding hydrogens is 301 g/mol. The minimum absolute atomic E-state index is 0. The van der Waals surface area contributed by atoms with Crippen molar-refractivity contribution in [1.29, 1.82) is 0 Å². The average molecular weight is 314 g/mol. The molecule has 5 heteroatoms. The third-order valence-electron chi connectivity index (χ3n) is 2.56. The quantitative estimate of drug-likeness (QED) is 0.584. The Bertz CT molecular complexity index is 600. The molecule has 0 amide bonds. The zero-order chi connectivity index (χ0) is 12.3. The van der Waals surface area contributed by atoms with Crippen LogP contribution in [0.5, 0.6) is 0 Å². The first-order valence-corrected chi connectivity index (χ1v) is 5.31. The fraction of sp³-hybridized carbons (Fsp3) is 0.231. The van der Waals surface area contributed by atoms with E-state index in [0.29, 0.717) is 0 Å². The van der Waals surface area contributed by atoms with Crippen LogP contribution in [0.4, 0.5) is 11.4 Å². The van der Waals surface area contributed by atoms with E-state index in [1.54, 1.807) is 14.1 Å². The topological polar surface area (TPSA) is 49.4 Å². The van der Waals surface area contributed by atoms with Crippen molar-refractivity contribution in [2.75, 3.05) is 14.1 Å². The number of azo groups is 2. The first kappa shape index (κ1) is 15.1. The first-order valence-electron chi connectivity index (χ1n) is 5.31. The maximum Gasteiger partial charge on any atom is 0.0491 e. The van der Waals surface area contributed by atoms with Crippen LogP contribution in [-0.4, -0.2) is 14.1 Å². The average Bonchev–Trinajstić information content (AvgIpc) is 2.34. The number of hydrogen-bond donors (Lipinski definition) is 0. The van der Waals surface area contributed by atoms with Gasteiger partial charge in [0, 0.05) is 58.2 Å². The van der Waals surface area contributed by atoms with E-state index >= 15 is 0 Å². The molecule has 1 radical (unpaired) electrons. The van der Waals surface area contributed by atoms with Gasteiger partial charge in [-0.2, -0.15) is 20.5 Å². The van der Waals surface area contributed by atoms with Crippen molar-refractivity contribution >= 4 is 22.1 Å². The summed E-state index contributed by atoms with van der Waals surface area (Å²) in [5.41, 5.74) is 2.65. The predicted molar refractivity (Wildman–Crippen MR) is 68.4 cm³/mol. The second kappa shape index (κ2) is 6.81. The molecule has 0 aliphatic heterocycles. The summed E-state index contributed by atoms with van der Waals surface area (Å²) in [6.07, 6.45) is 0. The van der Waals surface area contributed by atoms with Crippen LogP contribution in [0.2, 0.25) is 0 Å². The van der Waals surface area contributed by atoms with Gasteiger partial charge in [0.05, 0.1) is 0 Å². The Kier molecular flexibility index (Phi) is 5.70. The van der Waals surface area contributed by atoms with Gasteiger partial charge in [0.25, 0.3) is 0 Å². The molecule has 2 rings (SSSR count). The third kappa shape index (κ3) is 3.06. The van der Waals surface area contributed by atoms with E-state index in [2.05, 4.69) is 26.5 Å². The van der Waals surface area contributed by atoms with Crippen molar-refractivity contribution in [3.05, 3.63) is 35.9 Å². The molecular formula is C13H13N4Y-. The molecule has 0 atom stereocenters. The molecule has 0 unspecified atom stereocenters.